The number of benzene rings is 1. The Hall–Kier alpha value is -3.01. The molecule has 4 aromatic rings. The molecular formula is C23H24N4O4S. The highest BCUT2D eigenvalue weighted by molar-refractivity contribution is 7.09. The van der Waals surface area contributed by atoms with Gasteiger partial charge in [0.2, 0.25) is 0 Å². The molecule has 0 bridgehead atoms. The maximum Gasteiger partial charge on any atom is 0.276 e. The number of carbonyl (C=O) groups is 1. The van der Waals surface area contributed by atoms with E-state index in [1.54, 1.807) is 7.11 Å². The van der Waals surface area contributed by atoms with Gasteiger partial charge in [-0.05, 0) is 37.1 Å². The molecule has 166 valence electrons. The molecule has 1 fully saturated rings. The normalized spacial score (nSPS) is 14.9. The molecule has 32 heavy (non-hydrogen) atoms. The fraction of sp³-hybridized carbons (Fsp3) is 0.348. The van der Waals surface area contributed by atoms with Gasteiger partial charge < -0.3 is 24.3 Å². The van der Waals surface area contributed by atoms with Gasteiger partial charge >= 0.3 is 0 Å². The van der Waals surface area contributed by atoms with Crippen LogP contribution in [0.25, 0.3) is 33.3 Å². The van der Waals surface area contributed by atoms with Crippen LogP contribution in [0.2, 0.25) is 0 Å². The van der Waals surface area contributed by atoms with Crippen molar-refractivity contribution in [3.8, 4) is 11.4 Å². The van der Waals surface area contributed by atoms with Crippen LogP contribution in [-0.2, 0) is 9.47 Å². The van der Waals surface area contributed by atoms with Crippen molar-refractivity contribution in [3.63, 3.8) is 0 Å². The van der Waals surface area contributed by atoms with Gasteiger partial charge in [0.25, 0.3) is 11.5 Å². The highest BCUT2D eigenvalue weighted by Crippen LogP contribution is 2.25. The molecule has 1 aliphatic rings. The summed E-state index contributed by atoms with van der Waals surface area (Å²) in [5.74, 6) is -0.0192. The highest BCUT2D eigenvalue weighted by Gasteiger charge is 2.26. The molecule has 5 rings (SSSR count). The molecule has 0 atom stereocenters. The third-order valence-corrected chi connectivity index (χ3v) is 6.62. The van der Waals surface area contributed by atoms with E-state index in [1.807, 2.05) is 39.9 Å². The van der Waals surface area contributed by atoms with E-state index in [4.69, 9.17) is 9.47 Å². The van der Waals surface area contributed by atoms with Gasteiger partial charge in [0.05, 0.1) is 23.3 Å². The maximum atomic E-state index is 13.4. The molecule has 1 aliphatic heterocycles. The van der Waals surface area contributed by atoms with Gasteiger partial charge in [-0.3, -0.25) is 9.59 Å². The zero-order valence-electron chi connectivity index (χ0n) is 17.7. The Bertz CT molecular complexity index is 1320. The van der Waals surface area contributed by atoms with Crippen LogP contribution in [0.15, 0.2) is 39.8 Å². The zero-order chi connectivity index (χ0) is 22.1. The predicted octanol–water partition coefficient (Wildman–Crippen LogP) is 3.40. The van der Waals surface area contributed by atoms with Crippen LogP contribution in [0.5, 0.6) is 0 Å². The SMILES string of the molecule is COCCN(C(=O)c1ccc2[nH]c(-c3nc4cscc4[nH]c3=O)cc2c1)C1CCOCC1. The second kappa shape index (κ2) is 8.85. The number of fused-ring (bicyclic) bond motifs is 2. The molecule has 0 radical (unpaired) electrons. The average molecular weight is 453 g/mol. The number of methoxy groups -OCH3 is 1. The van der Waals surface area contributed by atoms with Crippen molar-refractivity contribution in [3.05, 3.63) is 50.9 Å². The van der Waals surface area contributed by atoms with Crippen LogP contribution in [0, 0.1) is 0 Å². The number of carbonyl (C=O) groups excluding carboxylic acids is 1. The van der Waals surface area contributed by atoms with Crippen LogP contribution in [-0.4, -0.2) is 65.3 Å². The Morgan fingerprint density at radius 3 is 2.88 bits per heavy atom. The number of nitrogens with zero attached hydrogens (tertiary/aromatic N) is 2. The lowest BCUT2D eigenvalue weighted by Crippen LogP contribution is -2.45. The molecule has 9 heteroatoms. The summed E-state index contributed by atoms with van der Waals surface area (Å²) in [7, 11) is 1.64. The Labute approximate surface area is 188 Å². The Kier molecular flexibility index (Phi) is 5.77. The highest BCUT2D eigenvalue weighted by atomic mass is 32.1. The summed E-state index contributed by atoms with van der Waals surface area (Å²) >= 11 is 1.49. The van der Waals surface area contributed by atoms with Crippen molar-refractivity contribution in [2.24, 2.45) is 0 Å². The molecule has 0 unspecified atom stereocenters. The first kappa shape index (κ1) is 20.9. The molecule has 2 N–H and O–H groups in total. The van der Waals surface area contributed by atoms with Crippen molar-refractivity contribution >= 4 is 39.2 Å². The number of amides is 1. The van der Waals surface area contributed by atoms with Gasteiger partial charge in [-0.25, -0.2) is 4.98 Å². The van der Waals surface area contributed by atoms with E-state index < -0.39 is 0 Å². The van der Waals surface area contributed by atoms with Gasteiger partial charge in [0.15, 0.2) is 5.69 Å². The summed E-state index contributed by atoms with van der Waals surface area (Å²) in [6.07, 6.45) is 1.65. The van der Waals surface area contributed by atoms with Crippen molar-refractivity contribution in [1.29, 1.82) is 0 Å². The Morgan fingerprint density at radius 1 is 1.22 bits per heavy atom. The molecule has 3 aromatic heterocycles. The third kappa shape index (κ3) is 3.94. The Morgan fingerprint density at radius 2 is 2.06 bits per heavy atom. The van der Waals surface area contributed by atoms with E-state index in [0.29, 0.717) is 43.3 Å². The lowest BCUT2D eigenvalue weighted by atomic mass is 10.0. The minimum atomic E-state index is -0.246. The summed E-state index contributed by atoms with van der Waals surface area (Å²) in [5.41, 5.74) is 3.66. The first-order valence-corrected chi connectivity index (χ1v) is 11.6. The lowest BCUT2D eigenvalue weighted by Gasteiger charge is -2.34. The predicted molar refractivity (Wildman–Crippen MR) is 124 cm³/mol. The standard InChI is InChI=1S/C23H24N4O4S/c1-30-9-6-27(16-4-7-31-8-5-16)23(29)14-2-3-17-15(10-14)11-18(24-17)21-22(28)26-20-13-32-12-19(20)25-21/h2-3,10-13,16,24H,4-9H2,1H3,(H,26,28). The molecule has 0 aliphatic carbocycles. The lowest BCUT2D eigenvalue weighted by molar-refractivity contribution is 0.0221. The molecule has 0 saturated carbocycles. The minimum Gasteiger partial charge on any atom is -0.383 e. The smallest absolute Gasteiger partial charge is 0.276 e. The first-order valence-electron chi connectivity index (χ1n) is 10.6. The number of ether oxygens (including phenoxy) is 2. The number of aromatic amines is 2. The number of H-pyrrole nitrogens is 2. The van der Waals surface area contributed by atoms with Crippen molar-refractivity contribution in [2.45, 2.75) is 18.9 Å². The monoisotopic (exact) mass is 452 g/mol. The van der Waals surface area contributed by atoms with Crippen molar-refractivity contribution < 1.29 is 14.3 Å². The molecular weight excluding hydrogens is 428 g/mol. The topological polar surface area (TPSA) is 100 Å². The molecule has 1 aromatic carbocycles. The van der Waals surface area contributed by atoms with Gasteiger partial charge in [0, 0.05) is 60.1 Å². The molecule has 4 heterocycles. The number of hydrogen-bond donors (Lipinski definition) is 2. The Balaban J connectivity index is 1.47. The number of hydrogen-bond acceptors (Lipinski definition) is 6. The van der Waals surface area contributed by atoms with Crippen molar-refractivity contribution in [1.82, 2.24) is 19.9 Å². The van der Waals surface area contributed by atoms with Crippen LogP contribution < -0.4 is 5.56 Å². The second-order valence-electron chi connectivity index (χ2n) is 7.91. The third-order valence-electron chi connectivity index (χ3n) is 5.89. The van der Waals surface area contributed by atoms with E-state index in [9.17, 15) is 9.59 Å². The van der Waals surface area contributed by atoms with E-state index in [2.05, 4.69) is 15.0 Å². The summed E-state index contributed by atoms with van der Waals surface area (Å²) in [6, 6.07) is 7.58. The summed E-state index contributed by atoms with van der Waals surface area (Å²) < 4.78 is 10.7. The number of nitrogens with one attached hydrogen (secondary N) is 2. The molecule has 0 spiro atoms. The first-order chi connectivity index (χ1) is 15.6. The number of aromatic nitrogens is 3. The molecule has 1 saturated heterocycles. The van der Waals surface area contributed by atoms with Crippen LogP contribution in [0.3, 0.4) is 0 Å². The molecule has 1 amide bonds. The van der Waals surface area contributed by atoms with E-state index in [-0.39, 0.29) is 17.5 Å². The number of rotatable bonds is 6. The van der Waals surface area contributed by atoms with Crippen molar-refractivity contribution in [2.75, 3.05) is 33.5 Å². The van der Waals surface area contributed by atoms with Crippen LogP contribution >= 0.6 is 11.3 Å². The van der Waals surface area contributed by atoms with Gasteiger partial charge in [-0.1, -0.05) is 0 Å². The summed E-state index contributed by atoms with van der Waals surface area (Å²) in [4.78, 5) is 38.5. The fourth-order valence-electron chi connectivity index (χ4n) is 4.20. The summed E-state index contributed by atoms with van der Waals surface area (Å²) in [6.45, 7) is 2.35. The molecule has 8 nitrogen and oxygen atoms in total. The quantitative estimate of drug-likeness (QED) is 0.467. The fourth-order valence-corrected chi connectivity index (χ4v) is 4.89. The maximum absolute atomic E-state index is 13.4. The minimum absolute atomic E-state index is 0.0192. The van der Waals surface area contributed by atoms with E-state index in [1.165, 1.54) is 11.3 Å². The van der Waals surface area contributed by atoms with E-state index in [0.717, 1.165) is 34.8 Å². The van der Waals surface area contributed by atoms with Gasteiger partial charge in [0.1, 0.15) is 0 Å². The average Bonchev–Trinajstić information content (AvgIpc) is 3.45. The zero-order valence-corrected chi connectivity index (χ0v) is 18.5. The number of thiophene rings is 1. The second-order valence-corrected chi connectivity index (χ2v) is 8.65. The van der Waals surface area contributed by atoms with Gasteiger partial charge in [-0.15, -0.1) is 11.3 Å². The van der Waals surface area contributed by atoms with E-state index >= 15 is 0 Å². The van der Waals surface area contributed by atoms with Crippen LogP contribution in [0.4, 0.5) is 0 Å². The van der Waals surface area contributed by atoms with Crippen LogP contribution in [0.1, 0.15) is 23.2 Å². The van der Waals surface area contributed by atoms with Gasteiger partial charge in [-0.2, -0.15) is 0 Å². The largest absolute Gasteiger partial charge is 0.383 e. The summed E-state index contributed by atoms with van der Waals surface area (Å²) in [5, 5.41) is 4.62.